The maximum Gasteiger partial charge on any atom is 0.239 e. The zero-order valence-electron chi connectivity index (χ0n) is 14.6. The van der Waals surface area contributed by atoms with Gasteiger partial charge in [0.2, 0.25) is 11.8 Å². The normalized spacial score (nSPS) is 10.7. The number of nitrogens with one attached hydrogen (secondary N) is 2. The lowest BCUT2D eigenvalue weighted by Crippen LogP contribution is -2.32. The number of pyridine rings is 1. The largest absolute Gasteiger partial charge is 0.324 e. The molecule has 0 aliphatic carbocycles. The van der Waals surface area contributed by atoms with Gasteiger partial charge in [0, 0.05) is 23.1 Å². The van der Waals surface area contributed by atoms with Gasteiger partial charge in [0.05, 0.1) is 12.2 Å². The Morgan fingerprint density at radius 1 is 1.19 bits per heavy atom. The SMILES string of the molecule is Cc1cccc(NC(=O)CN(C)CCC(=O)Nc2ccc(Br)cc2F)n1. The van der Waals surface area contributed by atoms with E-state index in [1.165, 1.54) is 12.1 Å². The average molecular weight is 423 g/mol. The smallest absolute Gasteiger partial charge is 0.239 e. The quantitative estimate of drug-likeness (QED) is 0.718. The first-order chi connectivity index (χ1) is 12.3. The van der Waals surface area contributed by atoms with Crippen LogP contribution < -0.4 is 10.6 Å². The number of carbonyl (C=O) groups is 2. The summed E-state index contributed by atoms with van der Waals surface area (Å²) in [5.41, 5.74) is 0.942. The lowest BCUT2D eigenvalue weighted by molar-refractivity contribution is -0.119. The Bertz CT molecular complexity index is 801. The number of rotatable bonds is 7. The van der Waals surface area contributed by atoms with Gasteiger partial charge in [0.1, 0.15) is 11.6 Å². The van der Waals surface area contributed by atoms with Gasteiger partial charge in [-0.2, -0.15) is 0 Å². The van der Waals surface area contributed by atoms with Gasteiger partial charge in [-0.05, 0) is 44.3 Å². The molecule has 2 rings (SSSR count). The summed E-state index contributed by atoms with van der Waals surface area (Å²) in [5, 5.41) is 5.23. The van der Waals surface area contributed by atoms with Crippen molar-refractivity contribution in [2.24, 2.45) is 0 Å². The third kappa shape index (κ3) is 6.53. The van der Waals surface area contributed by atoms with E-state index >= 15 is 0 Å². The van der Waals surface area contributed by atoms with E-state index in [9.17, 15) is 14.0 Å². The molecule has 2 N–H and O–H groups in total. The topological polar surface area (TPSA) is 74.3 Å². The predicted molar refractivity (Wildman–Crippen MR) is 102 cm³/mol. The fourth-order valence-corrected chi connectivity index (χ4v) is 2.55. The second kappa shape index (κ2) is 9.40. The van der Waals surface area contributed by atoms with Gasteiger partial charge in [-0.25, -0.2) is 9.37 Å². The van der Waals surface area contributed by atoms with Crippen molar-refractivity contribution in [3.63, 3.8) is 0 Å². The summed E-state index contributed by atoms with van der Waals surface area (Å²) in [6.07, 6.45) is 0.141. The Labute approximate surface area is 159 Å². The number of benzene rings is 1. The lowest BCUT2D eigenvalue weighted by atomic mass is 10.3. The van der Waals surface area contributed by atoms with Crippen molar-refractivity contribution >= 4 is 39.2 Å². The molecule has 0 bridgehead atoms. The molecule has 1 aromatic carbocycles. The fraction of sp³-hybridized carbons (Fsp3) is 0.278. The fourth-order valence-electron chi connectivity index (χ4n) is 2.22. The van der Waals surface area contributed by atoms with Crippen molar-refractivity contribution < 1.29 is 14.0 Å². The highest BCUT2D eigenvalue weighted by Crippen LogP contribution is 2.19. The number of hydrogen-bond donors (Lipinski definition) is 2. The van der Waals surface area contributed by atoms with E-state index in [0.29, 0.717) is 16.8 Å². The molecule has 0 unspecified atom stereocenters. The Kier molecular flexibility index (Phi) is 7.23. The molecule has 1 aromatic heterocycles. The maximum atomic E-state index is 13.7. The monoisotopic (exact) mass is 422 g/mol. The molecule has 0 fully saturated rings. The van der Waals surface area contributed by atoms with Crippen LogP contribution in [0.2, 0.25) is 0 Å². The number of aryl methyl sites for hydroxylation is 1. The summed E-state index contributed by atoms with van der Waals surface area (Å²) in [4.78, 5) is 29.9. The Balaban J connectivity index is 1.76. The molecule has 0 radical (unpaired) electrons. The average Bonchev–Trinajstić information content (AvgIpc) is 2.55. The highest BCUT2D eigenvalue weighted by Gasteiger charge is 2.11. The zero-order chi connectivity index (χ0) is 19.1. The molecule has 0 saturated carbocycles. The van der Waals surface area contributed by atoms with Gasteiger partial charge < -0.3 is 10.6 Å². The van der Waals surface area contributed by atoms with Crippen LogP contribution in [-0.2, 0) is 9.59 Å². The van der Waals surface area contributed by atoms with E-state index in [4.69, 9.17) is 0 Å². The first-order valence-electron chi connectivity index (χ1n) is 8.00. The highest BCUT2D eigenvalue weighted by molar-refractivity contribution is 9.10. The summed E-state index contributed by atoms with van der Waals surface area (Å²) in [7, 11) is 1.73. The Morgan fingerprint density at radius 2 is 1.96 bits per heavy atom. The highest BCUT2D eigenvalue weighted by atomic mass is 79.9. The lowest BCUT2D eigenvalue weighted by Gasteiger charge is -2.16. The molecule has 2 aromatic rings. The number of aromatic nitrogens is 1. The van der Waals surface area contributed by atoms with Crippen molar-refractivity contribution in [1.82, 2.24) is 9.88 Å². The van der Waals surface area contributed by atoms with Gasteiger partial charge in [-0.3, -0.25) is 14.5 Å². The predicted octanol–water partition coefficient (Wildman–Crippen LogP) is 3.19. The molecule has 0 aliphatic heterocycles. The van der Waals surface area contributed by atoms with Crippen LogP contribution in [0.1, 0.15) is 12.1 Å². The molecule has 0 saturated heterocycles. The van der Waals surface area contributed by atoms with Crippen LogP contribution in [0.25, 0.3) is 0 Å². The first kappa shape index (κ1) is 20.0. The number of anilines is 2. The second-order valence-electron chi connectivity index (χ2n) is 5.87. The minimum absolute atomic E-state index is 0.121. The van der Waals surface area contributed by atoms with Gasteiger partial charge >= 0.3 is 0 Å². The van der Waals surface area contributed by atoms with Crippen molar-refractivity contribution in [1.29, 1.82) is 0 Å². The Morgan fingerprint density at radius 3 is 2.65 bits per heavy atom. The molecule has 0 aliphatic rings. The van der Waals surface area contributed by atoms with Crippen molar-refractivity contribution in [2.45, 2.75) is 13.3 Å². The number of amides is 2. The molecule has 1 heterocycles. The van der Waals surface area contributed by atoms with Crippen molar-refractivity contribution in [3.05, 3.63) is 52.4 Å². The minimum atomic E-state index is -0.508. The summed E-state index contributed by atoms with van der Waals surface area (Å²) in [6, 6.07) is 9.79. The van der Waals surface area contributed by atoms with E-state index in [1.54, 1.807) is 24.1 Å². The van der Waals surface area contributed by atoms with Crippen molar-refractivity contribution in [3.8, 4) is 0 Å². The van der Waals surface area contributed by atoms with Crippen molar-refractivity contribution in [2.75, 3.05) is 30.8 Å². The molecular formula is C18H20BrFN4O2. The Hall–Kier alpha value is -2.32. The van der Waals surface area contributed by atoms with E-state index in [0.717, 1.165) is 5.69 Å². The van der Waals surface area contributed by atoms with Crippen LogP contribution in [0.5, 0.6) is 0 Å². The molecule has 6 nitrogen and oxygen atoms in total. The van der Waals surface area contributed by atoms with Crippen LogP contribution in [0.3, 0.4) is 0 Å². The van der Waals surface area contributed by atoms with Crippen LogP contribution in [0.4, 0.5) is 15.9 Å². The summed E-state index contributed by atoms with van der Waals surface area (Å²) >= 11 is 3.16. The van der Waals surface area contributed by atoms with Crippen LogP contribution in [0, 0.1) is 12.7 Å². The summed E-state index contributed by atoms with van der Waals surface area (Å²) < 4.78 is 14.3. The van der Waals surface area contributed by atoms with Crippen LogP contribution >= 0.6 is 15.9 Å². The molecule has 0 spiro atoms. The number of likely N-dealkylation sites (N-methyl/N-ethyl adjacent to an activating group) is 1. The number of nitrogens with zero attached hydrogens (tertiary/aromatic N) is 2. The van der Waals surface area contributed by atoms with E-state index in [2.05, 4.69) is 31.5 Å². The number of halogens is 2. The molecule has 2 amide bonds. The number of carbonyl (C=O) groups excluding carboxylic acids is 2. The van der Waals surface area contributed by atoms with Gasteiger partial charge in [0.15, 0.2) is 0 Å². The van der Waals surface area contributed by atoms with Crippen LogP contribution in [0.15, 0.2) is 40.9 Å². The minimum Gasteiger partial charge on any atom is -0.324 e. The standard InChI is InChI=1S/C18H20BrFN4O2/c1-12-4-3-5-16(21-12)23-18(26)11-24(2)9-8-17(25)22-15-7-6-13(19)10-14(15)20/h3-7,10H,8-9,11H2,1-2H3,(H,22,25)(H,21,23,26). The molecule has 26 heavy (non-hydrogen) atoms. The first-order valence-corrected chi connectivity index (χ1v) is 8.80. The van der Waals surface area contributed by atoms with E-state index in [1.807, 2.05) is 19.1 Å². The summed E-state index contributed by atoms with van der Waals surface area (Å²) in [5.74, 6) is -0.554. The second-order valence-corrected chi connectivity index (χ2v) is 6.79. The molecule has 138 valence electrons. The van der Waals surface area contributed by atoms with Gasteiger partial charge in [-0.1, -0.05) is 22.0 Å². The molecule has 8 heteroatoms. The van der Waals surface area contributed by atoms with E-state index in [-0.39, 0.29) is 30.5 Å². The van der Waals surface area contributed by atoms with Crippen LogP contribution in [-0.4, -0.2) is 41.8 Å². The number of hydrogen-bond acceptors (Lipinski definition) is 4. The zero-order valence-corrected chi connectivity index (χ0v) is 16.1. The van der Waals surface area contributed by atoms with E-state index < -0.39 is 5.82 Å². The third-order valence-corrected chi connectivity index (χ3v) is 3.99. The third-order valence-electron chi connectivity index (χ3n) is 3.50. The van der Waals surface area contributed by atoms with Gasteiger partial charge in [-0.15, -0.1) is 0 Å². The molecule has 0 atom stereocenters. The van der Waals surface area contributed by atoms with Gasteiger partial charge in [0.25, 0.3) is 0 Å². The maximum absolute atomic E-state index is 13.7. The molecular weight excluding hydrogens is 403 g/mol. The summed E-state index contributed by atoms with van der Waals surface area (Å²) in [6.45, 7) is 2.32.